The monoisotopic (exact) mass is 298 g/mol. The Kier molecular flexibility index (Phi) is 5.09. The molecule has 1 atom stereocenters. The second-order valence-corrected chi connectivity index (χ2v) is 5.64. The lowest BCUT2D eigenvalue weighted by Crippen LogP contribution is -2.03. The maximum absolute atomic E-state index is 12.0. The number of rotatable bonds is 6. The molecule has 108 valence electrons. The van der Waals surface area contributed by atoms with E-state index in [0.717, 1.165) is 11.3 Å². The molecule has 0 spiro atoms. The second kappa shape index (κ2) is 6.81. The Morgan fingerprint density at radius 1 is 1.10 bits per heavy atom. The average Bonchev–Trinajstić information content (AvgIpc) is 2.86. The van der Waals surface area contributed by atoms with Crippen molar-refractivity contribution in [1.82, 2.24) is 0 Å². The van der Waals surface area contributed by atoms with E-state index >= 15 is 0 Å². The summed E-state index contributed by atoms with van der Waals surface area (Å²) >= 11 is 1.68. The maximum atomic E-state index is 12.0. The summed E-state index contributed by atoms with van der Waals surface area (Å²) in [5, 5.41) is 10.1. The van der Waals surface area contributed by atoms with Gasteiger partial charge in [0, 0.05) is 16.2 Å². The van der Waals surface area contributed by atoms with Crippen LogP contribution in [-0.4, -0.2) is 11.7 Å². The first-order valence-electron chi connectivity index (χ1n) is 6.39. The molecule has 5 heteroatoms. The number of aryl methyl sites for hydroxylation is 1. The van der Waals surface area contributed by atoms with Crippen LogP contribution in [0, 0.1) is 0 Å². The Balaban J connectivity index is 1.99. The van der Waals surface area contributed by atoms with Gasteiger partial charge in [0.15, 0.2) is 0 Å². The molecule has 1 aromatic heterocycles. The smallest absolute Gasteiger partial charge is 0.387 e. The van der Waals surface area contributed by atoms with Crippen molar-refractivity contribution in [1.29, 1.82) is 0 Å². The highest BCUT2D eigenvalue weighted by atomic mass is 32.1. The van der Waals surface area contributed by atoms with Gasteiger partial charge in [0.1, 0.15) is 5.75 Å². The van der Waals surface area contributed by atoms with E-state index in [1.807, 2.05) is 6.07 Å². The molecule has 0 saturated carbocycles. The zero-order valence-electron chi connectivity index (χ0n) is 11.1. The van der Waals surface area contributed by atoms with Gasteiger partial charge in [-0.25, -0.2) is 0 Å². The summed E-state index contributed by atoms with van der Waals surface area (Å²) in [6.07, 6.45) is 0.874. The van der Waals surface area contributed by atoms with Crippen LogP contribution in [0.2, 0.25) is 0 Å². The summed E-state index contributed by atoms with van der Waals surface area (Å²) in [6, 6.07) is 10.2. The van der Waals surface area contributed by atoms with E-state index in [0.29, 0.717) is 12.0 Å². The zero-order valence-corrected chi connectivity index (χ0v) is 11.9. The van der Waals surface area contributed by atoms with Crippen LogP contribution < -0.4 is 4.74 Å². The van der Waals surface area contributed by atoms with Gasteiger partial charge in [0.05, 0.1) is 6.10 Å². The minimum atomic E-state index is -2.83. The van der Waals surface area contributed by atoms with Gasteiger partial charge < -0.3 is 9.84 Å². The third kappa shape index (κ3) is 4.02. The van der Waals surface area contributed by atoms with Crippen LogP contribution >= 0.6 is 11.3 Å². The Labute approximate surface area is 120 Å². The third-order valence-electron chi connectivity index (χ3n) is 2.95. The van der Waals surface area contributed by atoms with Crippen LogP contribution in [0.25, 0.3) is 0 Å². The number of aliphatic hydroxyl groups excluding tert-OH is 1. The first-order valence-corrected chi connectivity index (χ1v) is 7.20. The Morgan fingerprint density at radius 3 is 2.30 bits per heavy atom. The largest absolute Gasteiger partial charge is 0.435 e. The molecule has 1 heterocycles. The maximum Gasteiger partial charge on any atom is 0.387 e. The molecule has 2 rings (SSSR count). The quantitative estimate of drug-likeness (QED) is 0.866. The molecule has 0 fully saturated rings. The van der Waals surface area contributed by atoms with Crippen molar-refractivity contribution in [2.75, 3.05) is 0 Å². The van der Waals surface area contributed by atoms with E-state index < -0.39 is 12.7 Å². The molecule has 0 aliphatic carbocycles. The lowest BCUT2D eigenvalue weighted by Gasteiger charge is -2.11. The van der Waals surface area contributed by atoms with E-state index in [1.165, 1.54) is 17.0 Å². The fourth-order valence-electron chi connectivity index (χ4n) is 1.90. The molecule has 0 aliphatic rings. The molecule has 1 unspecified atom stereocenters. The highest BCUT2D eigenvalue weighted by molar-refractivity contribution is 7.11. The van der Waals surface area contributed by atoms with Crippen LogP contribution in [-0.2, 0) is 12.8 Å². The highest BCUT2D eigenvalue weighted by Gasteiger charge is 2.11. The van der Waals surface area contributed by atoms with Crippen LogP contribution in [0.1, 0.15) is 28.3 Å². The molecule has 1 aromatic carbocycles. The molecule has 2 aromatic rings. The Morgan fingerprint density at radius 2 is 1.75 bits per heavy atom. The van der Waals surface area contributed by atoms with Gasteiger partial charge in [0.25, 0.3) is 0 Å². The number of benzene rings is 1. The van der Waals surface area contributed by atoms with Crippen molar-refractivity contribution in [2.24, 2.45) is 0 Å². The van der Waals surface area contributed by atoms with E-state index in [2.05, 4.69) is 17.7 Å². The van der Waals surface area contributed by atoms with Gasteiger partial charge in [-0.2, -0.15) is 8.78 Å². The van der Waals surface area contributed by atoms with Crippen LogP contribution in [0.15, 0.2) is 36.4 Å². The van der Waals surface area contributed by atoms with Crippen LogP contribution in [0.4, 0.5) is 8.78 Å². The van der Waals surface area contributed by atoms with Gasteiger partial charge in [-0.3, -0.25) is 0 Å². The van der Waals surface area contributed by atoms with Crippen molar-refractivity contribution in [3.8, 4) is 5.75 Å². The van der Waals surface area contributed by atoms with E-state index in [9.17, 15) is 13.9 Å². The van der Waals surface area contributed by atoms with E-state index in [1.54, 1.807) is 23.5 Å². The second-order valence-electron chi connectivity index (χ2n) is 4.39. The van der Waals surface area contributed by atoms with Crippen molar-refractivity contribution < 1.29 is 18.6 Å². The number of hydrogen-bond acceptors (Lipinski definition) is 3. The molecule has 1 N–H and O–H groups in total. The van der Waals surface area contributed by atoms with Gasteiger partial charge in [-0.15, -0.1) is 11.3 Å². The summed E-state index contributed by atoms with van der Waals surface area (Å²) in [7, 11) is 0. The summed E-state index contributed by atoms with van der Waals surface area (Å²) in [4.78, 5) is 2.40. The van der Waals surface area contributed by atoms with Crippen molar-refractivity contribution >= 4 is 11.3 Å². The normalized spacial score (nSPS) is 12.7. The minimum absolute atomic E-state index is 0.0975. The molecule has 0 aliphatic heterocycles. The van der Waals surface area contributed by atoms with Crippen molar-refractivity contribution in [3.63, 3.8) is 0 Å². The molecule has 0 saturated heterocycles. The fourth-order valence-corrected chi connectivity index (χ4v) is 2.90. The third-order valence-corrected chi connectivity index (χ3v) is 4.20. The van der Waals surface area contributed by atoms with Gasteiger partial charge in [-0.05, 0) is 36.2 Å². The highest BCUT2D eigenvalue weighted by Crippen LogP contribution is 2.25. The van der Waals surface area contributed by atoms with Crippen molar-refractivity contribution in [2.45, 2.75) is 32.5 Å². The lowest BCUT2D eigenvalue weighted by molar-refractivity contribution is -0.0498. The van der Waals surface area contributed by atoms with Crippen molar-refractivity contribution in [3.05, 3.63) is 51.7 Å². The number of aliphatic hydroxyl groups is 1. The predicted molar refractivity (Wildman–Crippen MR) is 75.4 cm³/mol. The van der Waals surface area contributed by atoms with E-state index in [-0.39, 0.29) is 5.75 Å². The Hall–Kier alpha value is -1.46. The number of ether oxygens (including phenoxy) is 1. The molecular weight excluding hydrogens is 282 g/mol. The number of hydrogen-bond donors (Lipinski definition) is 1. The fraction of sp³-hybridized carbons (Fsp3) is 0.333. The summed E-state index contributed by atoms with van der Waals surface area (Å²) < 4.78 is 28.3. The minimum Gasteiger partial charge on any atom is -0.435 e. The summed E-state index contributed by atoms with van der Waals surface area (Å²) in [5.41, 5.74) is 0.693. The van der Waals surface area contributed by atoms with E-state index in [4.69, 9.17) is 0 Å². The molecule has 20 heavy (non-hydrogen) atoms. The van der Waals surface area contributed by atoms with Gasteiger partial charge >= 0.3 is 6.61 Å². The first-order chi connectivity index (χ1) is 9.58. The summed E-state index contributed by atoms with van der Waals surface area (Å²) in [6.45, 7) is -0.738. The van der Waals surface area contributed by atoms with Gasteiger partial charge in [-0.1, -0.05) is 19.1 Å². The number of thiophene rings is 1. The van der Waals surface area contributed by atoms with Crippen LogP contribution in [0.5, 0.6) is 5.75 Å². The van der Waals surface area contributed by atoms with Gasteiger partial charge in [0.2, 0.25) is 0 Å². The first kappa shape index (κ1) is 14.9. The topological polar surface area (TPSA) is 29.5 Å². The predicted octanol–water partition coefficient (Wildman–Crippen LogP) is 4.19. The molecule has 0 bridgehead atoms. The molecule has 0 amide bonds. The number of halogens is 2. The zero-order chi connectivity index (χ0) is 14.5. The molecule has 0 radical (unpaired) electrons. The lowest BCUT2D eigenvalue weighted by atomic mass is 10.1. The average molecular weight is 298 g/mol. The van der Waals surface area contributed by atoms with Crippen LogP contribution in [0.3, 0.4) is 0 Å². The number of alkyl halides is 2. The summed E-state index contributed by atoms with van der Waals surface area (Å²) in [5.74, 6) is 0.0975. The Bertz CT molecular complexity index is 537. The molecule has 2 nitrogen and oxygen atoms in total. The standard InChI is InChI=1S/C15H16F2O2S/c1-2-12-7-8-13(20-12)9-14(18)10-3-5-11(6-4-10)19-15(16)17/h3-8,14-15,18H,2,9H2,1H3. The molecular formula is C15H16F2O2S. The SMILES string of the molecule is CCc1ccc(CC(O)c2ccc(OC(F)F)cc2)s1.